The minimum Gasteiger partial charge on any atom is -0.309 e. The number of carbonyl (C=O) groups excluding carboxylic acids is 1. The molecule has 3 aromatic rings. The zero-order valence-corrected chi connectivity index (χ0v) is 22.8. The largest absolute Gasteiger partial charge is 0.309 e. The highest BCUT2D eigenvalue weighted by atomic mass is 32.2. The second-order valence-electron chi connectivity index (χ2n) is 8.69. The van der Waals surface area contributed by atoms with E-state index >= 15 is 0 Å². The quantitative estimate of drug-likeness (QED) is 0.299. The van der Waals surface area contributed by atoms with Crippen LogP contribution in [0.25, 0.3) is 10.2 Å². The number of aryl methyl sites for hydroxylation is 1. The van der Waals surface area contributed by atoms with Crippen molar-refractivity contribution in [2.45, 2.75) is 24.7 Å². The number of thiazole rings is 1. The normalized spacial score (nSPS) is 11.8. The first-order valence-electron chi connectivity index (χ1n) is 11.9. The molecule has 9 heteroatoms. The first kappa shape index (κ1) is 27.7. The number of amides is 1. The molecule has 7 nitrogen and oxygen atoms in total. The Hall–Kier alpha value is -2.85. The van der Waals surface area contributed by atoms with Crippen LogP contribution < -0.4 is 4.90 Å². The lowest BCUT2D eigenvalue weighted by atomic mass is 10.2. The van der Waals surface area contributed by atoms with Crippen LogP contribution in [0, 0.1) is 0 Å². The zero-order valence-electron chi connectivity index (χ0n) is 21.2. The number of nitrogens with zero attached hydrogens (tertiary/aromatic N) is 4. The third kappa shape index (κ3) is 6.47. The molecule has 0 fully saturated rings. The third-order valence-electron chi connectivity index (χ3n) is 5.72. The van der Waals surface area contributed by atoms with E-state index in [2.05, 4.69) is 37.1 Å². The van der Waals surface area contributed by atoms with E-state index in [4.69, 9.17) is 4.98 Å². The van der Waals surface area contributed by atoms with Gasteiger partial charge in [-0.2, -0.15) is 4.31 Å². The van der Waals surface area contributed by atoms with Crippen molar-refractivity contribution in [1.82, 2.24) is 14.2 Å². The Bertz CT molecular complexity index is 1300. The molecule has 0 bridgehead atoms. The van der Waals surface area contributed by atoms with Crippen molar-refractivity contribution in [3.8, 4) is 0 Å². The molecule has 0 N–H and O–H groups in total. The molecule has 1 amide bonds. The predicted octanol–water partition coefficient (Wildman–Crippen LogP) is 4.82. The van der Waals surface area contributed by atoms with Gasteiger partial charge in [0.15, 0.2) is 5.13 Å². The fourth-order valence-electron chi connectivity index (χ4n) is 3.75. The summed E-state index contributed by atoms with van der Waals surface area (Å²) in [4.78, 5) is 22.3. The van der Waals surface area contributed by atoms with Crippen LogP contribution in [0.15, 0.2) is 72.7 Å². The van der Waals surface area contributed by atoms with E-state index < -0.39 is 10.0 Å². The Morgan fingerprint density at radius 2 is 1.69 bits per heavy atom. The number of hydrogen-bond acceptors (Lipinski definition) is 6. The van der Waals surface area contributed by atoms with E-state index in [9.17, 15) is 13.2 Å². The molecular formula is C27H34N4O3S2. The number of sulfonamides is 1. The summed E-state index contributed by atoms with van der Waals surface area (Å²) in [6.07, 6.45) is 4.78. The molecule has 0 atom stereocenters. The fourth-order valence-corrected chi connectivity index (χ4v) is 6.19. The van der Waals surface area contributed by atoms with Gasteiger partial charge in [-0.1, -0.05) is 36.5 Å². The second-order valence-corrected chi connectivity index (χ2v) is 11.6. The van der Waals surface area contributed by atoms with Gasteiger partial charge in [-0.3, -0.25) is 9.69 Å². The Morgan fingerprint density at radius 1 is 1.03 bits per heavy atom. The minimum absolute atomic E-state index is 0.119. The maximum Gasteiger partial charge on any atom is 0.260 e. The average molecular weight is 527 g/mol. The molecule has 0 spiro atoms. The molecule has 1 aromatic heterocycles. The second kappa shape index (κ2) is 12.4. The van der Waals surface area contributed by atoms with Crippen molar-refractivity contribution in [2.24, 2.45) is 0 Å². The summed E-state index contributed by atoms with van der Waals surface area (Å²) in [6, 6.07) is 12.3. The molecule has 0 aliphatic carbocycles. The van der Waals surface area contributed by atoms with Gasteiger partial charge in [-0.15, -0.1) is 13.2 Å². The summed E-state index contributed by atoms with van der Waals surface area (Å²) in [7, 11) is 0.257. The Labute approximate surface area is 218 Å². The van der Waals surface area contributed by atoms with Crippen molar-refractivity contribution in [1.29, 1.82) is 0 Å². The molecule has 0 aliphatic heterocycles. The average Bonchev–Trinajstić information content (AvgIpc) is 3.29. The van der Waals surface area contributed by atoms with E-state index in [0.29, 0.717) is 17.2 Å². The van der Waals surface area contributed by atoms with Crippen LogP contribution in [-0.2, 0) is 16.4 Å². The standard InChI is InChI=1S/C27H34N4O3S2/c1-6-16-30(17-7-2)36(33,34)23-13-11-22(12-14-23)26(32)31(19-9-18-29(4)5)27-28-24-15-10-21(8-3)20-25(24)35-27/h6-7,10-15,20H,1-2,8-9,16-19H2,3-5H3. The van der Waals surface area contributed by atoms with Gasteiger partial charge in [-0.25, -0.2) is 13.4 Å². The van der Waals surface area contributed by atoms with Crippen molar-refractivity contribution >= 4 is 42.6 Å². The minimum atomic E-state index is -3.74. The van der Waals surface area contributed by atoms with Gasteiger partial charge in [0.1, 0.15) is 0 Å². The predicted molar refractivity (Wildman–Crippen MR) is 149 cm³/mol. The van der Waals surface area contributed by atoms with Crippen LogP contribution in [0.3, 0.4) is 0 Å². The van der Waals surface area contributed by atoms with E-state index in [1.165, 1.54) is 45.5 Å². The highest BCUT2D eigenvalue weighted by Crippen LogP contribution is 2.31. The van der Waals surface area contributed by atoms with Crippen molar-refractivity contribution in [3.05, 3.63) is 78.9 Å². The molecule has 3 rings (SSSR count). The summed E-state index contributed by atoms with van der Waals surface area (Å²) in [5, 5.41) is 0.641. The number of aromatic nitrogens is 1. The molecule has 1 heterocycles. The van der Waals surface area contributed by atoms with Gasteiger partial charge in [0, 0.05) is 25.2 Å². The molecule has 0 unspecified atom stereocenters. The maximum atomic E-state index is 13.6. The third-order valence-corrected chi connectivity index (χ3v) is 8.60. The van der Waals surface area contributed by atoms with Crippen molar-refractivity contribution in [2.75, 3.05) is 45.2 Å². The number of rotatable bonds is 13. The molecular weight excluding hydrogens is 492 g/mol. The molecule has 192 valence electrons. The molecule has 0 radical (unpaired) electrons. The smallest absolute Gasteiger partial charge is 0.260 e. The van der Waals surface area contributed by atoms with Gasteiger partial charge in [-0.05, 0) is 75.4 Å². The molecule has 0 aliphatic rings. The number of hydrogen-bond donors (Lipinski definition) is 0. The van der Waals surface area contributed by atoms with Crippen molar-refractivity contribution in [3.63, 3.8) is 0 Å². The van der Waals surface area contributed by atoms with Crippen LogP contribution >= 0.6 is 11.3 Å². The number of carbonyl (C=O) groups is 1. The molecule has 0 saturated carbocycles. The lowest BCUT2D eigenvalue weighted by molar-refractivity contribution is 0.0986. The molecule has 0 saturated heterocycles. The van der Waals surface area contributed by atoms with Gasteiger partial charge in [0.05, 0.1) is 15.1 Å². The Kier molecular flexibility index (Phi) is 9.56. The van der Waals surface area contributed by atoms with E-state index in [1.54, 1.807) is 17.0 Å². The fraction of sp³-hybridized carbons (Fsp3) is 0.333. The Morgan fingerprint density at radius 3 is 2.28 bits per heavy atom. The van der Waals surface area contributed by atoms with Crippen LogP contribution in [-0.4, -0.2) is 68.8 Å². The monoisotopic (exact) mass is 526 g/mol. The van der Waals surface area contributed by atoms with E-state index in [0.717, 1.165) is 29.6 Å². The maximum absolute atomic E-state index is 13.6. The first-order valence-corrected chi connectivity index (χ1v) is 14.1. The van der Waals surface area contributed by atoms with Gasteiger partial charge in [0.2, 0.25) is 10.0 Å². The number of fused-ring (bicyclic) bond motifs is 1. The summed E-state index contributed by atoms with van der Waals surface area (Å²) in [5.41, 5.74) is 2.50. The highest BCUT2D eigenvalue weighted by Gasteiger charge is 2.25. The molecule has 2 aromatic carbocycles. The van der Waals surface area contributed by atoms with Crippen LogP contribution in [0.4, 0.5) is 5.13 Å². The lowest BCUT2D eigenvalue weighted by Crippen LogP contribution is -2.33. The van der Waals surface area contributed by atoms with Gasteiger partial charge < -0.3 is 4.90 Å². The van der Waals surface area contributed by atoms with Crippen LogP contribution in [0.2, 0.25) is 0 Å². The summed E-state index contributed by atoms with van der Waals surface area (Å²) in [6.45, 7) is 11.1. The van der Waals surface area contributed by atoms with Gasteiger partial charge in [0.25, 0.3) is 5.91 Å². The van der Waals surface area contributed by atoms with E-state index in [-0.39, 0.29) is 23.9 Å². The van der Waals surface area contributed by atoms with Crippen molar-refractivity contribution < 1.29 is 13.2 Å². The summed E-state index contributed by atoms with van der Waals surface area (Å²) >= 11 is 1.50. The topological polar surface area (TPSA) is 73.8 Å². The van der Waals surface area contributed by atoms with Crippen LogP contribution in [0.5, 0.6) is 0 Å². The zero-order chi connectivity index (χ0) is 26.3. The number of anilines is 1. The highest BCUT2D eigenvalue weighted by molar-refractivity contribution is 7.89. The SMILES string of the molecule is C=CCN(CC=C)S(=O)(=O)c1ccc(C(=O)N(CCCN(C)C)c2nc3ccc(CC)cc3s2)cc1. The van der Waals surface area contributed by atoms with Crippen LogP contribution in [0.1, 0.15) is 29.3 Å². The number of benzene rings is 2. The Balaban J connectivity index is 1.92. The summed E-state index contributed by atoms with van der Waals surface area (Å²) in [5.74, 6) is -0.207. The first-order chi connectivity index (χ1) is 17.2. The van der Waals surface area contributed by atoms with Gasteiger partial charge >= 0.3 is 0 Å². The lowest BCUT2D eigenvalue weighted by Gasteiger charge is -2.22. The molecule has 36 heavy (non-hydrogen) atoms. The van der Waals surface area contributed by atoms with E-state index in [1.807, 2.05) is 20.2 Å². The summed E-state index contributed by atoms with van der Waals surface area (Å²) < 4.78 is 28.4.